The maximum absolute atomic E-state index is 12.9. The van der Waals surface area contributed by atoms with Gasteiger partial charge in [0.1, 0.15) is 11.6 Å². The molecule has 1 heterocycles. The van der Waals surface area contributed by atoms with Crippen molar-refractivity contribution in [2.24, 2.45) is 0 Å². The average Bonchev–Trinajstić information content (AvgIpc) is 2.98. The van der Waals surface area contributed by atoms with Crippen LogP contribution in [0, 0.1) is 5.82 Å². The number of anilines is 1. The van der Waals surface area contributed by atoms with Gasteiger partial charge in [0.25, 0.3) is 5.91 Å². The Balaban J connectivity index is 1.68. The predicted molar refractivity (Wildman–Crippen MR) is 89.0 cm³/mol. The molecule has 0 bridgehead atoms. The number of nitrogens with one attached hydrogen (secondary N) is 2. The first-order valence-electron chi connectivity index (χ1n) is 7.71. The summed E-state index contributed by atoms with van der Waals surface area (Å²) in [6.07, 6.45) is -1.71. The molecule has 3 rings (SSSR count). The molecule has 2 atom stereocenters. The second-order valence-corrected chi connectivity index (χ2v) is 5.58. The van der Waals surface area contributed by atoms with Gasteiger partial charge in [0.15, 0.2) is 6.10 Å². The third kappa shape index (κ3) is 3.88. The molecule has 0 unspecified atom stereocenters. The summed E-state index contributed by atoms with van der Waals surface area (Å²) in [4.78, 5) is 24.1. The van der Waals surface area contributed by atoms with E-state index in [2.05, 4.69) is 10.6 Å². The van der Waals surface area contributed by atoms with Crippen molar-refractivity contribution in [1.29, 1.82) is 0 Å². The maximum Gasteiger partial charge on any atom is 0.412 e. The highest BCUT2D eigenvalue weighted by atomic mass is 19.1. The molecular weight excluding hydrogens is 327 g/mol. The molecule has 1 aliphatic rings. The predicted octanol–water partition coefficient (Wildman–Crippen LogP) is 2.67. The number of methoxy groups -OCH3 is 1. The van der Waals surface area contributed by atoms with E-state index in [1.54, 1.807) is 19.2 Å². The number of rotatable bonds is 4. The Kier molecular flexibility index (Phi) is 4.83. The van der Waals surface area contributed by atoms with E-state index in [0.717, 1.165) is 5.56 Å². The van der Waals surface area contributed by atoms with Crippen molar-refractivity contribution in [1.82, 2.24) is 5.32 Å². The van der Waals surface area contributed by atoms with Crippen LogP contribution in [0.4, 0.5) is 14.9 Å². The zero-order valence-corrected chi connectivity index (χ0v) is 13.5. The molecule has 0 aliphatic carbocycles. The van der Waals surface area contributed by atoms with Gasteiger partial charge in [-0.1, -0.05) is 12.1 Å². The number of carbonyl (C=O) groups is 2. The lowest BCUT2D eigenvalue weighted by Crippen LogP contribution is -2.32. The first-order valence-corrected chi connectivity index (χ1v) is 7.71. The van der Waals surface area contributed by atoms with Crippen molar-refractivity contribution in [2.45, 2.75) is 12.0 Å². The molecule has 0 saturated carbocycles. The van der Waals surface area contributed by atoms with E-state index in [-0.39, 0.29) is 11.8 Å². The van der Waals surface area contributed by atoms with Crippen molar-refractivity contribution < 1.29 is 23.5 Å². The maximum atomic E-state index is 12.9. The fourth-order valence-electron chi connectivity index (χ4n) is 2.68. The van der Waals surface area contributed by atoms with Crippen LogP contribution < -0.4 is 15.4 Å². The number of ether oxygens (including phenoxy) is 2. The van der Waals surface area contributed by atoms with Crippen LogP contribution in [0.15, 0.2) is 48.5 Å². The third-order valence-electron chi connectivity index (χ3n) is 3.99. The van der Waals surface area contributed by atoms with Gasteiger partial charge >= 0.3 is 6.09 Å². The Labute approximate surface area is 143 Å². The van der Waals surface area contributed by atoms with Gasteiger partial charge in [0.2, 0.25) is 0 Å². The average molecular weight is 344 g/mol. The van der Waals surface area contributed by atoms with E-state index >= 15 is 0 Å². The number of hydrogen-bond donors (Lipinski definition) is 2. The van der Waals surface area contributed by atoms with E-state index in [9.17, 15) is 14.0 Å². The van der Waals surface area contributed by atoms with Crippen LogP contribution >= 0.6 is 0 Å². The zero-order chi connectivity index (χ0) is 17.8. The van der Waals surface area contributed by atoms with Gasteiger partial charge in [-0.25, -0.2) is 9.18 Å². The normalized spacial score (nSPS) is 19.2. The number of amides is 2. The number of benzene rings is 2. The highest BCUT2D eigenvalue weighted by Crippen LogP contribution is 2.28. The van der Waals surface area contributed by atoms with E-state index in [0.29, 0.717) is 18.0 Å². The van der Waals surface area contributed by atoms with Crippen molar-refractivity contribution in [3.8, 4) is 5.75 Å². The van der Waals surface area contributed by atoms with E-state index in [1.807, 2.05) is 12.1 Å². The van der Waals surface area contributed by atoms with Crippen LogP contribution in [0.5, 0.6) is 5.75 Å². The zero-order valence-electron chi connectivity index (χ0n) is 13.5. The largest absolute Gasteiger partial charge is 0.497 e. The topological polar surface area (TPSA) is 76.7 Å². The summed E-state index contributed by atoms with van der Waals surface area (Å²) in [7, 11) is 1.57. The van der Waals surface area contributed by atoms with E-state index in [1.165, 1.54) is 24.3 Å². The van der Waals surface area contributed by atoms with Crippen molar-refractivity contribution in [3.63, 3.8) is 0 Å². The summed E-state index contributed by atoms with van der Waals surface area (Å²) in [6, 6.07) is 12.5. The van der Waals surface area contributed by atoms with Crippen LogP contribution in [0.3, 0.4) is 0 Å². The fraction of sp³-hybridized carbons (Fsp3) is 0.222. The summed E-state index contributed by atoms with van der Waals surface area (Å²) in [5.41, 5.74) is 1.24. The number of carbonyl (C=O) groups excluding carboxylic acids is 2. The van der Waals surface area contributed by atoms with Gasteiger partial charge in [0.05, 0.1) is 7.11 Å². The minimum absolute atomic E-state index is 0.294. The van der Waals surface area contributed by atoms with Crippen LogP contribution in [0.25, 0.3) is 0 Å². The summed E-state index contributed by atoms with van der Waals surface area (Å²) in [5.74, 6) is -0.353. The lowest BCUT2D eigenvalue weighted by atomic mass is 9.96. The van der Waals surface area contributed by atoms with Crippen molar-refractivity contribution >= 4 is 17.7 Å². The van der Waals surface area contributed by atoms with Gasteiger partial charge < -0.3 is 14.8 Å². The Morgan fingerprint density at radius 3 is 2.48 bits per heavy atom. The molecular formula is C18H17FN2O4. The summed E-state index contributed by atoms with van der Waals surface area (Å²) in [5, 5.41) is 5.18. The standard InChI is InChI=1S/C18H17FN2O4/c1-24-14-8-2-11(3-9-14)15-10-20-17(22)16(15)25-18(23)21-13-6-4-12(19)5-7-13/h2-9,15-16H,10H2,1H3,(H,20,22)(H,21,23)/t15-,16-/m0/s1. The Morgan fingerprint density at radius 2 is 1.84 bits per heavy atom. The first kappa shape index (κ1) is 16.8. The van der Waals surface area contributed by atoms with Gasteiger partial charge in [-0.05, 0) is 42.0 Å². The highest BCUT2D eigenvalue weighted by molar-refractivity contribution is 5.90. The van der Waals surface area contributed by atoms with Gasteiger partial charge in [0, 0.05) is 18.2 Å². The van der Waals surface area contributed by atoms with Crippen LogP contribution in [-0.4, -0.2) is 31.8 Å². The van der Waals surface area contributed by atoms with Gasteiger partial charge in [-0.3, -0.25) is 10.1 Å². The van der Waals surface area contributed by atoms with E-state index in [4.69, 9.17) is 9.47 Å². The number of halogens is 1. The Bertz CT molecular complexity index is 762. The molecule has 0 aromatic heterocycles. The molecule has 1 aliphatic heterocycles. The molecule has 1 saturated heterocycles. The van der Waals surface area contributed by atoms with Crippen molar-refractivity contribution in [2.75, 3.05) is 19.0 Å². The molecule has 2 aromatic carbocycles. The molecule has 2 N–H and O–H groups in total. The van der Waals surface area contributed by atoms with Crippen LogP contribution in [0.2, 0.25) is 0 Å². The minimum atomic E-state index is -0.936. The SMILES string of the molecule is COc1ccc([C@@H]2CNC(=O)[C@H]2OC(=O)Nc2ccc(F)cc2)cc1. The van der Waals surface area contributed by atoms with Gasteiger partial charge in [-0.15, -0.1) is 0 Å². The monoisotopic (exact) mass is 344 g/mol. The third-order valence-corrected chi connectivity index (χ3v) is 3.99. The quantitative estimate of drug-likeness (QED) is 0.894. The lowest BCUT2D eigenvalue weighted by Gasteiger charge is -2.18. The number of hydrogen-bond acceptors (Lipinski definition) is 4. The summed E-state index contributed by atoms with van der Waals surface area (Å²) < 4.78 is 23.3. The molecule has 2 aromatic rings. The minimum Gasteiger partial charge on any atom is -0.497 e. The molecule has 7 heteroatoms. The molecule has 2 amide bonds. The second-order valence-electron chi connectivity index (χ2n) is 5.58. The lowest BCUT2D eigenvalue weighted by molar-refractivity contribution is -0.126. The molecule has 6 nitrogen and oxygen atoms in total. The fourth-order valence-corrected chi connectivity index (χ4v) is 2.68. The van der Waals surface area contributed by atoms with Crippen LogP contribution in [0.1, 0.15) is 11.5 Å². The van der Waals surface area contributed by atoms with Gasteiger partial charge in [-0.2, -0.15) is 0 Å². The Morgan fingerprint density at radius 1 is 1.16 bits per heavy atom. The smallest absolute Gasteiger partial charge is 0.412 e. The molecule has 0 radical (unpaired) electrons. The summed E-state index contributed by atoms with van der Waals surface area (Å²) in [6.45, 7) is 0.375. The molecule has 1 fully saturated rings. The first-order chi connectivity index (χ1) is 12.1. The Hall–Kier alpha value is -3.09. The molecule has 130 valence electrons. The van der Waals surface area contributed by atoms with Crippen molar-refractivity contribution in [3.05, 3.63) is 59.9 Å². The summed E-state index contributed by atoms with van der Waals surface area (Å²) >= 11 is 0. The van der Waals surface area contributed by atoms with Crippen LogP contribution in [-0.2, 0) is 9.53 Å². The molecule has 25 heavy (non-hydrogen) atoms. The molecule has 0 spiro atoms. The highest BCUT2D eigenvalue weighted by Gasteiger charge is 2.38. The van der Waals surface area contributed by atoms with E-state index < -0.39 is 18.0 Å². The second kappa shape index (κ2) is 7.21.